The summed E-state index contributed by atoms with van der Waals surface area (Å²) < 4.78 is 0. The van der Waals surface area contributed by atoms with E-state index in [2.05, 4.69) is 77.8 Å². The SMILES string of the molecule is C[C@@H]1[C@@H]2CC[C@@H]3C(=CC[C@]4(C)[C@@H]([C@H](C)N(C)C)CC[C@@]34C)C=C2CC[C@@H]1N(C)C. The van der Waals surface area contributed by atoms with Crippen molar-refractivity contribution in [3.8, 4) is 0 Å². The minimum atomic E-state index is 0.441. The molecule has 0 saturated heterocycles. The van der Waals surface area contributed by atoms with Crippen LogP contribution in [-0.4, -0.2) is 50.1 Å². The molecule has 164 valence electrons. The number of hydrogen-bond donors (Lipinski definition) is 0. The van der Waals surface area contributed by atoms with Crippen LogP contribution in [0.4, 0.5) is 0 Å². The van der Waals surface area contributed by atoms with Crippen LogP contribution >= 0.6 is 0 Å². The van der Waals surface area contributed by atoms with Gasteiger partial charge in [0.25, 0.3) is 0 Å². The van der Waals surface area contributed by atoms with Gasteiger partial charge in [0.15, 0.2) is 0 Å². The molecule has 0 aliphatic heterocycles. The maximum absolute atomic E-state index is 2.71. The zero-order chi connectivity index (χ0) is 21.1. The highest BCUT2D eigenvalue weighted by Crippen LogP contribution is 2.67. The lowest BCUT2D eigenvalue weighted by Gasteiger charge is -2.54. The van der Waals surface area contributed by atoms with Gasteiger partial charge in [-0.3, -0.25) is 0 Å². The van der Waals surface area contributed by atoms with Crippen LogP contribution in [-0.2, 0) is 0 Å². The fraction of sp³-hybridized carbons (Fsp3) is 0.852. The van der Waals surface area contributed by atoms with Crippen LogP contribution in [0.15, 0.2) is 23.3 Å². The molecule has 0 unspecified atom stereocenters. The smallest absolute Gasteiger partial charge is 0.0124 e. The van der Waals surface area contributed by atoms with E-state index in [1.807, 2.05) is 0 Å². The van der Waals surface area contributed by atoms with Crippen LogP contribution in [0, 0.1) is 34.5 Å². The molecule has 0 radical (unpaired) electrons. The Bertz CT molecular complexity index is 689. The topological polar surface area (TPSA) is 6.48 Å². The molecule has 0 aromatic rings. The molecule has 8 atom stereocenters. The van der Waals surface area contributed by atoms with Crippen molar-refractivity contribution in [3.63, 3.8) is 0 Å². The Labute approximate surface area is 180 Å². The van der Waals surface area contributed by atoms with Gasteiger partial charge in [-0.2, -0.15) is 0 Å². The van der Waals surface area contributed by atoms with Crippen LogP contribution in [0.3, 0.4) is 0 Å². The predicted octanol–water partition coefficient (Wildman–Crippen LogP) is 6.00. The molecule has 0 N–H and O–H groups in total. The van der Waals surface area contributed by atoms with Crippen molar-refractivity contribution >= 4 is 0 Å². The molecule has 2 saturated carbocycles. The van der Waals surface area contributed by atoms with Crippen LogP contribution < -0.4 is 0 Å². The van der Waals surface area contributed by atoms with Crippen LogP contribution in [0.5, 0.6) is 0 Å². The summed E-state index contributed by atoms with van der Waals surface area (Å²) in [5.41, 5.74) is 4.40. The van der Waals surface area contributed by atoms with Gasteiger partial charge in [-0.05, 0) is 120 Å². The molecular weight excluding hydrogens is 352 g/mol. The van der Waals surface area contributed by atoms with E-state index in [1.165, 1.54) is 44.9 Å². The molecule has 0 amide bonds. The Kier molecular flexibility index (Phi) is 5.61. The summed E-state index contributed by atoms with van der Waals surface area (Å²) in [4.78, 5) is 4.95. The first kappa shape index (κ1) is 21.6. The quantitative estimate of drug-likeness (QED) is 0.575. The highest BCUT2D eigenvalue weighted by molar-refractivity contribution is 5.36. The Balaban J connectivity index is 1.64. The highest BCUT2D eigenvalue weighted by atomic mass is 15.1. The van der Waals surface area contributed by atoms with Crippen molar-refractivity contribution in [3.05, 3.63) is 23.3 Å². The van der Waals surface area contributed by atoms with Gasteiger partial charge in [0, 0.05) is 12.1 Å². The van der Waals surface area contributed by atoms with E-state index in [0.29, 0.717) is 16.9 Å². The Morgan fingerprint density at radius 2 is 1.72 bits per heavy atom. The second-order valence-corrected chi connectivity index (χ2v) is 12.0. The lowest BCUT2D eigenvalue weighted by Crippen LogP contribution is -2.49. The second kappa shape index (κ2) is 7.52. The first-order chi connectivity index (χ1) is 13.6. The van der Waals surface area contributed by atoms with E-state index in [4.69, 9.17) is 0 Å². The van der Waals surface area contributed by atoms with E-state index in [-0.39, 0.29) is 0 Å². The standard InChI is InChI=1S/C27H46N2/c1-18-22-10-11-24-21(17-20(22)9-12-25(18)29(7)8)13-15-26(3)23(19(2)28(5)6)14-16-27(24,26)4/h13,17-19,22-25H,9-12,14-16H2,1-8H3/t18-,19+,22+,23-,24-,25+,26-,27+/m1/s1. The normalized spacial score (nSPS) is 45.8. The lowest BCUT2D eigenvalue weighted by molar-refractivity contribution is -0.0106. The zero-order valence-corrected chi connectivity index (χ0v) is 20.5. The summed E-state index contributed by atoms with van der Waals surface area (Å²) in [6, 6.07) is 1.42. The highest BCUT2D eigenvalue weighted by Gasteiger charge is 2.60. The average Bonchev–Trinajstić information content (AvgIpc) is 2.81. The van der Waals surface area contributed by atoms with Crippen molar-refractivity contribution in [2.24, 2.45) is 34.5 Å². The number of fused-ring (bicyclic) bond motifs is 4. The predicted molar refractivity (Wildman–Crippen MR) is 125 cm³/mol. The second-order valence-electron chi connectivity index (χ2n) is 12.0. The molecule has 2 heteroatoms. The molecule has 4 aliphatic rings. The Morgan fingerprint density at radius 3 is 2.38 bits per heavy atom. The van der Waals surface area contributed by atoms with Crippen molar-refractivity contribution in [1.29, 1.82) is 0 Å². The summed E-state index contributed by atoms with van der Waals surface area (Å²) in [5.74, 6) is 3.17. The fourth-order valence-electron chi connectivity index (χ4n) is 8.34. The molecule has 4 aliphatic carbocycles. The summed E-state index contributed by atoms with van der Waals surface area (Å²) in [7, 11) is 9.12. The van der Waals surface area contributed by atoms with Gasteiger partial charge in [0.2, 0.25) is 0 Å². The maximum Gasteiger partial charge on any atom is 0.0124 e. The van der Waals surface area contributed by atoms with E-state index >= 15 is 0 Å². The van der Waals surface area contributed by atoms with E-state index < -0.39 is 0 Å². The van der Waals surface area contributed by atoms with Gasteiger partial charge in [-0.25, -0.2) is 0 Å². The molecule has 29 heavy (non-hydrogen) atoms. The summed E-state index contributed by atoms with van der Waals surface area (Å²) in [6.07, 6.45) is 14.9. The van der Waals surface area contributed by atoms with Crippen molar-refractivity contribution < 1.29 is 0 Å². The minimum Gasteiger partial charge on any atom is -0.306 e. The minimum absolute atomic E-state index is 0.441. The zero-order valence-electron chi connectivity index (χ0n) is 20.5. The molecule has 0 bridgehead atoms. The molecule has 0 aromatic heterocycles. The molecule has 0 aromatic carbocycles. The maximum atomic E-state index is 2.71. The summed E-state index contributed by atoms with van der Waals surface area (Å²) in [5, 5.41) is 0. The number of nitrogens with zero attached hydrogens (tertiary/aromatic N) is 2. The van der Waals surface area contributed by atoms with Gasteiger partial charge in [-0.15, -0.1) is 0 Å². The number of allylic oxidation sites excluding steroid dienone is 4. The van der Waals surface area contributed by atoms with Gasteiger partial charge in [0.1, 0.15) is 0 Å². The van der Waals surface area contributed by atoms with E-state index in [0.717, 1.165) is 29.7 Å². The molecule has 0 heterocycles. The largest absolute Gasteiger partial charge is 0.306 e. The third-order valence-corrected chi connectivity index (χ3v) is 10.7. The van der Waals surface area contributed by atoms with E-state index in [1.54, 1.807) is 11.1 Å². The van der Waals surface area contributed by atoms with Gasteiger partial charge in [0.05, 0.1) is 0 Å². The Hall–Kier alpha value is -0.600. The number of rotatable bonds is 3. The molecule has 0 spiro atoms. The Morgan fingerprint density at radius 1 is 1.00 bits per heavy atom. The van der Waals surface area contributed by atoms with Gasteiger partial charge < -0.3 is 9.80 Å². The first-order valence-corrected chi connectivity index (χ1v) is 12.3. The molecule has 4 rings (SSSR count). The average molecular weight is 399 g/mol. The van der Waals surface area contributed by atoms with Crippen LogP contribution in [0.1, 0.15) is 72.6 Å². The third kappa shape index (κ3) is 3.19. The van der Waals surface area contributed by atoms with E-state index in [9.17, 15) is 0 Å². The monoisotopic (exact) mass is 398 g/mol. The van der Waals surface area contributed by atoms with Crippen LogP contribution in [0.25, 0.3) is 0 Å². The summed E-state index contributed by atoms with van der Waals surface area (Å²) in [6.45, 7) is 10.3. The summed E-state index contributed by atoms with van der Waals surface area (Å²) >= 11 is 0. The van der Waals surface area contributed by atoms with Gasteiger partial charge >= 0.3 is 0 Å². The van der Waals surface area contributed by atoms with Crippen molar-refractivity contribution in [2.45, 2.75) is 84.7 Å². The molecule has 2 nitrogen and oxygen atoms in total. The lowest BCUT2D eigenvalue weighted by atomic mass is 9.51. The number of hydrogen-bond acceptors (Lipinski definition) is 2. The fourth-order valence-corrected chi connectivity index (χ4v) is 8.34. The van der Waals surface area contributed by atoms with Crippen LogP contribution in [0.2, 0.25) is 0 Å². The first-order valence-electron chi connectivity index (χ1n) is 12.3. The molecule has 2 fully saturated rings. The van der Waals surface area contributed by atoms with Crippen molar-refractivity contribution in [1.82, 2.24) is 9.80 Å². The third-order valence-electron chi connectivity index (χ3n) is 10.7. The van der Waals surface area contributed by atoms with Crippen molar-refractivity contribution in [2.75, 3.05) is 28.2 Å². The van der Waals surface area contributed by atoms with Gasteiger partial charge in [-0.1, -0.05) is 38.5 Å². The molecular formula is C27H46N2.